The molecule has 37 heavy (non-hydrogen) atoms. The predicted octanol–water partition coefficient (Wildman–Crippen LogP) is 4.39. The van der Waals surface area contributed by atoms with E-state index >= 15 is 0 Å². The van der Waals surface area contributed by atoms with Crippen LogP contribution in [0.25, 0.3) is 11.0 Å². The number of halogens is 5. The van der Waals surface area contributed by atoms with Gasteiger partial charge >= 0.3 is 12.1 Å². The monoisotopic (exact) mass is 526 g/mol. The molecule has 2 N–H and O–H groups in total. The Hall–Kier alpha value is -3.61. The molecule has 3 heterocycles. The number of rotatable bonds is 5. The first-order valence-corrected chi connectivity index (χ1v) is 11.5. The molecule has 0 radical (unpaired) electrons. The number of carboxylic acids is 1. The van der Waals surface area contributed by atoms with Crippen molar-refractivity contribution in [2.75, 3.05) is 36.4 Å². The summed E-state index contributed by atoms with van der Waals surface area (Å²) >= 11 is 0. The first-order valence-electron chi connectivity index (χ1n) is 11.5. The van der Waals surface area contributed by atoms with Gasteiger partial charge in [0.25, 0.3) is 0 Å². The SMILES string of the molecule is Cc1cc2nc(N3CCN(Cc4ccc(F)cc4F)CC3)c(NC(C)C)nc2cn1.O=C(O)C(F)(F)F. The van der Waals surface area contributed by atoms with Crippen molar-refractivity contribution in [2.45, 2.75) is 39.5 Å². The molecule has 1 aliphatic rings. The summed E-state index contributed by atoms with van der Waals surface area (Å²) in [4.78, 5) is 27.3. The summed E-state index contributed by atoms with van der Waals surface area (Å²) in [6.45, 7) is 9.55. The van der Waals surface area contributed by atoms with Gasteiger partial charge in [0.1, 0.15) is 17.2 Å². The minimum Gasteiger partial charge on any atom is -0.475 e. The van der Waals surface area contributed by atoms with Crippen molar-refractivity contribution in [2.24, 2.45) is 0 Å². The van der Waals surface area contributed by atoms with Gasteiger partial charge in [-0.2, -0.15) is 13.2 Å². The standard InChI is InChI=1S/C22H26F2N6.C2HF3O2/c1-14(2)26-21-22(28-19-10-15(3)25-12-20(19)27-21)30-8-6-29(7-9-30)13-16-4-5-17(23)11-18(16)24;3-2(4,5)1(6)7/h4-5,10-12,14H,6-9,13H2,1-3H3,(H,26,27);(H,6,7). The van der Waals surface area contributed by atoms with Crippen LogP contribution in [-0.4, -0.2) is 69.3 Å². The topological polar surface area (TPSA) is 94.5 Å². The van der Waals surface area contributed by atoms with E-state index in [9.17, 15) is 22.0 Å². The van der Waals surface area contributed by atoms with Crippen LogP contribution in [0.2, 0.25) is 0 Å². The lowest BCUT2D eigenvalue weighted by Gasteiger charge is -2.36. The summed E-state index contributed by atoms with van der Waals surface area (Å²) in [5.74, 6) is -2.22. The molecule has 1 aliphatic heterocycles. The molecular formula is C24H27F5N6O2. The Bertz CT molecular complexity index is 1250. The van der Waals surface area contributed by atoms with Gasteiger partial charge in [-0.3, -0.25) is 9.88 Å². The molecule has 0 spiro atoms. The molecule has 1 saturated heterocycles. The predicted molar refractivity (Wildman–Crippen MR) is 128 cm³/mol. The molecular weight excluding hydrogens is 499 g/mol. The third kappa shape index (κ3) is 7.68. The van der Waals surface area contributed by atoms with Crippen molar-refractivity contribution in [1.82, 2.24) is 19.9 Å². The third-order valence-corrected chi connectivity index (χ3v) is 5.42. The Balaban J connectivity index is 0.000000479. The average Bonchev–Trinajstić information content (AvgIpc) is 2.80. The van der Waals surface area contributed by atoms with Gasteiger partial charge in [0.2, 0.25) is 0 Å². The number of nitrogens with one attached hydrogen (secondary N) is 1. The largest absolute Gasteiger partial charge is 0.490 e. The van der Waals surface area contributed by atoms with Crippen LogP contribution in [-0.2, 0) is 11.3 Å². The molecule has 0 atom stereocenters. The van der Waals surface area contributed by atoms with Crippen LogP contribution in [0.4, 0.5) is 33.6 Å². The molecule has 0 bridgehead atoms. The highest BCUT2D eigenvalue weighted by atomic mass is 19.4. The number of fused-ring (bicyclic) bond motifs is 1. The second-order valence-electron chi connectivity index (χ2n) is 8.81. The maximum Gasteiger partial charge on any atom is 0.490 e. The highest BCUT2D eigenvalue weighted by Crippen LogP contribution is 2.27. The Morgan fingerprint density at radius 2 is 1.73 bits per heavy atom. The number of piperazine rings is 1. The van der Waals surface area contributed by atoms with E-state index < -0.39 is 23.8 Å². The van der Waals surface area contributed by atoms with Gasteiger partial charge < -0.3 is 15.3 Å². The van der Waals surface area contributed by atoms with E-state index in [0.29, 0.717) is 12.1 Å². The first kappa shape index (κ1) is 28.0. The van der Waals surface area contributed by atoms with Gasteiger partial charge in [-0.25, -0.2) is 23.5 Å². The minimum absolute atomic E-state index is 0.219. The molecule has 0 amide bonds. The van der Waals surface area contributed by atoms with Gasteiger partial charge in [-0.05, 0) is 32.9 Å². The highest BCUT2D eigenvalue weighted by molar-refractivity contribution is 5.80. The van der Waals surface area contributed by atoms with Crippen LogP contribution < -0.4 is 10.2 Å². The number of benzene rings is 1. The molecule has 1 fully saturated rings. The van der Waals surface area contributed by atoms with Crippen LogP contribution in [0, 0.1) is 18.6 Å². The van der Waals surface area contributed by atoms with Crippen LogP contribution in [0.3, 0.4) is 0 Å². The number of carboxylic acid groups (broad SMARTS) is 1. The number of aromatic nitrogens is 3. The number of anilines is 2. The number of pyridine rings is 1. The number of alkyl halides is 3. The number of carbonyl (C=O) groups is 1. The molecule has 13 heteroatoms. The minimum atomic E-state index is -5.08. The fraction of sp³-hybridized carbons (Fsp3) is 0.417. The van der Waals surface area contributed by atoms with E-state index in [1.54, 1.807) is 6.20 Å². The van der Waals surface area contributed by atoms with E-state index in [0.717, 1.165) is 60.6 Å². The lowest BCUT2D eigenvalue weighted by molar-refractivity contribution is -0.192. The van der Waals surface area contributed by atoms with E-state index in [1.165, 1.54) is 12.1 Å². The lowest BCUT2D eigenvalue weighted by Crippen LogP contribution is -2.46. The van der Waals surface area contributed by atoms with E-state index in [2.05, 4.69) is 33.9 Å². The van der Waals surface area contributed by atoms with E-state index in [1.807, 2.05) is 13.0 Å². The number of nitrogens with zero attached hydrogens (tertiary/aromatic N) is 5. The van der Waals surface area contributed by atoms with Gasteiger partial charge in [0, 0.05) is 56.1 Å². The van der Waals surface area contributed by atoms with Gasteiger partial charge in [-0.15, -0.1) is 0 Å². The zero-order valence-electron chi connectivity index (χ0n) is 20.5. The Morgan fingerprint density at radius 3 is 2.30 bits per heavy atom. The fourth-order valence-electron chi connectivity index (χ4n) is 3.65. The van der Waals surface area contributed by atoms with Crippen molar-refractivity contribution >= 4 is 28.6 Å². The number of hydrogen-bond acceptors (Lipinski definition) is 7. The summed E-state index contributed by atoms with van der Waals surface area (Å²) in [5.41, 5.74) is 3.00. The zero-order valence-corrected chi connectivity index (χ0v) is 20.5. The van der Waals surface area contributed by atoms with Crippen LogP contribution in [0.1, 0.15) is 25.1 Å². The summed E-state index contributed by atoms with van der Waals surface area (Å²) in [7, 11) is 0. The molecule has 2 aromatic heterocycles. The lowest BCUT2D eigenvalue weighted by atomic mass is 10.1. The van der Waals surface area contributed by atoms with E-state index in [-0.39, 0.29) is 6.04 Å². The molecule has 0 saturated carbocycles. The maximum absolute atomic E-state index is 14.0. The average molecular weight is 527 g/mol. The third-order valence-electron chi connectivity index (χ3n) is 5.42. The second kappa shape index (κ2) is 11.6. The van der Waals surface area contributed by atoms with Crippen LogP contribution >= 0.6 is 0 Å². The normalized spacial score (nSPS) is 14.5. The van der Waals surface area contributed by atoms with Gasteiger partial charge in [0.15, 0.2) is 11.6 Å². The van der Waals surface area contributed by atoms with Crippen molar-refractivity contribution in [1.29, 1.82) is 0 Å². The summed E-state index contributed by atoms with van der Waals surface area (Å²) in [5, 5.41) is 10.5. The number of hydrogen-bond donors (Lipinski definition) is 2. The molecule has 0 unspecified atom stereocenters. The van der Waals surface area contributed by atoms with Crippen molar-refractivity contribution in [3.8, 4) is 0 Å². The smallest absolute Gasteiger partial charge is 0.475 e. The van der Waals surface area contributed by atoms with Crippen LogP contribution in [0.5, 0.6) is 0 Å². The first-order chi connectivity index (χ1) is 17.3. The second-order valence-corrected chi connectivity index (χ2v) is 8.81. The van der Waals surface area contributed by atoms with Crippen LogP contribution in [0.15, 0.2) is 30.5 Å². The molecule has 200 valence electrons. The Morgan fingerprint density at radius 1 is 1.08 bits per heavy atom. The van der Waals surface area contributed by atoms with Gasteiger partial charge in [0.05, 0.1) is 11.7 Å². The Kier molecular flexibility index (Phi) is 8.79. The number of aryl methyl sites for hydroxylation is 1. The van der Waals surface area contributed by atoms with Crippen molar-refractivity contribution in [3.05, 3.63) is 53.4 Å². The molecule has 4 rings (SSSR count). The van der Waals surface area contributed by atoms with Crippen molar-refractivity contribution in [3.63, 3.8) is 0 Å². The molecule has 1 aromatic carbocycles. The maximum atomic E-state index is 14.0. The van der Waals surface area contributed by atoms with E-state index in [4.69, 9.17) is 19.9 Å². The molecule has 8 nitrogen and oxygen atoms in total. The van der Waals surface area contributed by atoms with Crippen molar-refractivity contribution < 1.29 is 31.9 Å². The summed E-state index contributed by atoms with van der Waals surface area (Å²) < 4.78 is 58.9. The highest BCUT2D eigenvalue weighted by Gasteiger charge is 2.38. The van der Waals surface area contributed by atoms with Gasteiger partial charge in [-0.1, -0.05) is 6.07 Å². The number of aliphatic carboxylic acids is 1. The summed E-state index contributed by atoms with van der Waals surface area (Å²) in [6.07, 6.45) is -3.33. The summed E-state index contributed by atoms with van der Waals surface area (Å²) in [6, 6.07) is 5.93. The Labute approximate surface area is 210 Å². The molecule has 3 aromatic rings. The molecule has 0 aliphatic carbocycles. The fourth-order valence-corrected chi connectivity index (χ4v) is 3.65. The quantitative estimate of drug-likeness (QED) is 0.473. The zero-order chi connectivity index (χ0) is 27.3.